The highest BCUT2D eigenvalue weighted by Crippen LogP contribution is 2.38. The average Bonchev–Trinajstić information content (AvgIpc) is 2.63. The number of nitrogens with one attached hydrogen (secondary N) is 1. The zero-order chi connectivity index (χ0) is 14.2. The SMILES string of the molecule is COc1ccc2c(c1)[C@@](C)(NO)c1ccccc1C=C2. The standard InChI is InChI=1S/C17H17NO2/c1-17(18-19)15-6-4-3-5-12(15)7-8-13-9-10-14(20-2)11-16(13)17/h3-11,18-19H,1-2H3/t17-/m0/s1. The summed E-state index contributed by atoms with van der Waals surface area (Å²) in [6.07, 6.45) is 4.14. The van der Waals surface area contributed by atoms with Crippen LogP contribution in [-0.2, 0) is 5.54 Å². The van der Waals surface area contributed by atoms with Crippen LogP contribution in [0.5, 0.6) is 5.75 Å². The molecule has 0 aliphatic heterocycles. The first-order chi connectivity index (χ1) is 9.69. The molecule has 0 saturated heterocycles. The Kier molecular flexibility index (Phi) is 3.08. The van der Waals surface area contributed by atoms with Gasteiger partial charge in [-0.2, -0.15) is 5.48 Å². The Bertz CT molecular complexity index is 678. The summed E-state index contributed by atoms with van der Waals surface area (Å²) >= 11 is 0. The molecule has 0 spiro atoms. The maximum absolute atomic E-state index is 9.81. The van der Waals surface area contributed by atoms with Crippen molar-refractivity contribution in [1.29, 1.82) is 0 Å². The van der Waals surface area contributed by atoms with Gasteiger partial charge in [-0.15, -0.1) is 0 Å². The normalized spacial score (nSPS) is 19.9. The van der Waals surface area contributed by atoms with Gasteiger partial charge < -0.3 is 9.94 Å². The number of hydrogen-bond donors (Lipinski definition) is 2. The third-order valence-electron chi connectivity index (χ3n) is 3.96. The highest BCUT2D eigenvalue weighted by atomic mass is 16.5. The Hall–Kier alpha value is -2.10. The van der Waals surface area contributed by atoms with Crippen LogP contribution in [0.2, 0.25) is 0 Å². The highest BCUT2D eigenvalue weighted by molar-refractivity contribution is 5.77. The first-order valence-electron chi connectivity index (χ1n) is 6.56. The van der Waals surface area contributed by atoms with Crippen LogP contribution >= 0.6 is 0 Å². The predicted octanol–water partition coefficient (Wildman–Crippen LogP) is 3.42. The molecule has 2 N–H and O–H groups in total. The second-order valence-corrected chi connectivity index (χ2v) is 5.11. The Balaban J connectivity index is 2.31. The summed E-state index contributed by atoms with van der Waals surface area (Å²) < 4.78 is 5.31. The summed E-state index contributed by atoms with van der Waals surface area (Å²) in [7, 11) is 1.64. The van der Waals surface area contributed by atoms with Gasteiger partial charge in [0.05, 0.1) is 12.6 Å². The van der Waals surface area contributed by atoms with E-state index in [-0.39, 0.29) is 0 Å². The van der Waals surface area contributed by atoms with Crippen LogP contribution in [0.3, 0.4) is 0 Å². The molecule has 0 fully saturated rings. The topological polar surface area (TPSA) is 41.5 Å². The molecule has 0 bridgehead atoms. The summed E-state index contributed by atoms with van der Waals surface area (Å²) in [6.45, 7) is 1.97. The van der Waals surface area contributed by atoms with E-state index in [0.29, 0.717) is 0 Å². The number of hydrogen-bond acceptors (Lipinski definition) is 3. The molecule has 0 radical (unpaired) electrons. The molecule has 102 valence electrons. The third-order valence-corrected chi connectivity index (χ3v) is 3.96. The molecule has 3 nitrogen and oxygen atoms in total. The van der Waals surface area contributed by atoms with Gasteiger partial charge in [-0.3, -0.25) is 0 Å². The van der Waals surface area contributed by atoms with E-state index >= 15 is 0 Å². The van der Waals surface area contributed by atoms with Crippen molar-refractivity contribution in [2.75, 3.05) is 7.11 Å². The van der Waals surface area contributed by atoms with Gasteiger partial charge >= 0.3 is 0 Å². The van der Waals surface area contributed by atoms with Gasteiger partial charge in [0.25, 0.3) is 0 Å². The molecule has 0 unspecified atom stereocenters. The fourth-order valence-electron chi connectivity index (χ4n) is 2.78. The Labute approximate surface area is 118 Å². The second kappa shape index (κ2) is 4.78. The predicted molar refractivity (Wildman–Crippen MR) is 79.7 cm³/mol. The molecular weight excluding hydrogens is 250 g/mol. The lowest BCUT2D eigenvalue weighted by Crippen LogP contribution is -2.39. The van der Waals surface area contributed by atoms with Crippen LogP contribution in [0, 0.1) is 0 Å². The van der Waals surface area contributed by atoms with Crippen LogP contribution in [-0.4, -0.2) is 12.3 Å². The lowest BCUT2D eigenvalue weighted by molar-refractivity contribution is 0.0920. The Morgan fingerprint density at radius 3 is 2.40 bits per heavy atom. The quantitative estimate of drug-likeness (QED) is 0.819. The molecule has 1 aliphatic rings. The zero-order valence-corrected chi connectivity index (χ0v) is 11.6. The van der Waals surface area contributed by atoms with Crippen LogP contribution < -0.4 is 10.2 Å². The van der Waals surface area contributed by atoms with Crippen molar-refractivity contribution in [2.45, 2.75) is 12.5 Å². The van der Waals surface area contributed by atoms with Crippen molar-refractivity contribution in [2.24, 2.45) is 0 Å². The van der Waals surface area contributed by atoms with Crippen molar-refractivity contribution in [3.8, 4) is 5.75 Å². The van der Waals surface area contributed by atoms with Gasteiger partial charge in [0.1, 0.15) is 5.75 Å². The van der Waals surface area contributed by atoms with Crippen molar-refractivity contribution in [3.63, 3.8) is 0 Å². The first kappa shape index (κ1) is 12.9. The first-order valence-corrected chi connectivity index (χ1v) is 6.56. The minimum absolute atomic E-state index is 0.677. The van der Waals surface area contributed by atoms with E-state index in [0.717, 1.165) is 28.0 Å². The van der Waals surface area contributed by atoms with Gasteiger partial charge in [0.15, 0.2) is 0 Å². The number of methoxy groups -OCH3 is 1. The maximum atomic E-state index is 9.81. The molecule has 2 aromatic carbocycles. The summed E-state index contributed by atoms with van der Waals surface area (Å²) in [5.41, 5.74) is 5.98. The van der Waals surface area contributed by atoms with E-state index in [9.17, 15) is 5.21 Å². The minimum atomic E-state index is -0.677. The summed E-state index contributed by atoms with van der Waals surface area (Å²) in [5, 5.41) is 9.81. The Morgan fingerprint density at radius 1 is 1.00 bits per heavy atom. The van der Waals surface area contributed by atoms with Crippen molar-refractivity contribution < 1.29 is 9.94 Å². The molecule has 1 aliphatic carbocycles. The third kappa shape index (κ3) is 1.83. The lowest BCUT2D eigenvalue weighted by atomic mass is 9.82. The van der Waals surface area contributed by atoms with Crippen LogP contribution in [0.25, 0.3) is 12.2 Å². The molecule has 20 heavy (non-hydrogen) atoms. The van der Waals surface area contributed by atoms with Crippen LogP contribution in [0.1, 0.15) is 29.2 Å². The molecule has 0 aromatic heterocycles. The smallest absolute Gasteiger partial charge is 0.119 e. The van der Waals surface area contributed by atoms with Gasteiger partial charge in [-0.05, 0) is 41.3 Å². The Morgan fingerprint density at radius 2 is 1.70 bits per heavy atom. The molecule has 0 saturated carbocycles. The fraction of sp³-hybridized carbons (Fsp3) is 0.176. The van der Waals surface area contributed by atoms with E-state index < -0.39 is 5.54 Å². The van der Waals surface area contributed by atoms with E-state index in [2.05, 4.69) is 17.6 Å². The average molecular weight is 267 g/mol. The molecule has 0 heterocycles. The number of ether oxygens (including phenoxy) is 1. The van der Waals surface area contributed by atoms with Crippen LogP contribution in [0.15, 0.2) is 42.5 Å². The largest absolute Gasteiger partial charge is 0.497 e. The molecular formula is C17H17NO2. The van der Waals surface area contributed by atoms with Crippen LogP contribution in [0.4, 0.5) is 0 Å². The second-order valence-electron chi connectivity index (χ2n) is 5.11. The highest BCUT2D eigenvalue weighted by Gasteiger charge is 2.33. The van der Waals surface area contributed by atoms with Crippen molar-refractivity contribution in [1.82, 2.24) is 5.48 Å². The maximum Gasteiger partial charge on any atom is 0.119 e. The van der Waals surface area contributed by atoms with Gasteiger partial charge in [-0.1, -0.05) is 42.5 Å². The summed E-state index contributed by atoms with van der Waals surface area (Å²) in [6, 6.07) is 13.9. The van der Waals surface area contributed by atoms with E-state index in [1.807, 2.05) is 49.4 Å². The van der Waals surface area contributed by atoms with E-state index in [4.69, 9.17) is 4.74 Å². The number of benzene rings is 2. The van der Waals surface area contributed by atoms with E-state index in [1.54, 1.807) is 7.11 Å². The molecule has 0 amide bonds. The number of rotatable bonds is 2. The molecule has 3 heteroatoms. The minimum Gasteiger partial charge on any atom is -0.497 e. The summed E-state index contributed by atoms with van der Waals surface area (Å²) in [4.78, 5) is 0. The summed E-state index contributed by atoms with van der Waals surface area (Å²) in [5.74, 6) is 0.776. The fourth-order valence-corrected chi connectivity index (χ4v) is 2.78. The molecule has 1 atom stereocenters. The lowest BCUT2D eigenvalue weighted by Gasteiger charge is -2.31. The van der Waals surface area contributed by atoms with Gasteiger partial charge in [0, 0.05) is 0 Å². The number of fused-ring (bicyclic) bond motifs is 2. The molecule has 3 rings (SSSR count). The van der Waals surface area contributed by atoms with Crippen molar-refractivity contribution in [3.05, 3.63) is 64.7 Å². The van der Waals surface area contributed by atoms with Crippen molar-refractivity contribution >= 4 is 12.2 Å². The van der Waals surface area contributed by atoms with Gasteiger partial charge in [-0.25, -0.2) is 0 Å². The number of hydroxylamine groups is 1. The van der Waals surface area contributed by atoms with E-state index in [1.165, 1.54) is 0 Å². The molecule has 2 aromatic rings. The monoisotopic (exact) mass is 267 g/mol. The van der Waals surface area contributed by atoms with Gasteiger partial charge in [0.2, 0.25) is 0 Å². The zero-order valence-electron chi connectivity index (χ0n) is 11.6.